The molecule has 0 amide bonds. The molecular weight excluding hydrogens is 553 g/mol. The van der Waals surface area contributed by atoms with Crippen LogP contribution in [0.4, 0.5) is 0 Å². The minimum Gasteiger partial charge on any atom is -0.481 e. The van der Waals surface area contributed by atoms with Crippen molar-refractivity contribution in [1.29, 1.82) is 0 Å². The van der Waals surface area contributed by atoms with Crippen LogP contribution in [0.5, 0.6) is 0 Å². The molecular formula is C34H56O5S2. The lowest BCUT2D eigenvalue weighted by atomic mass is 9.33. The van der Waals surface area contributed by atoms with Crippen LogP contribution in [0.25, 0.3) is 0 Å². The molecule has 5 aliphatic carbocycles. The zero-order valence-electron chi connectivity index (χ0n) is 27.0. The van der Waals surface area contributed by atoms with E-state index in [-0.39, 0.29) is 45.7 Å². The largest absolute Gasteiger partial charge is 0.481 e. The van der Waals surface area contributed by atoms with Gasteiger partial charge < -0.3 is 19.7 Å². The topological polar surface area (TPSA) is 76.0 Å². The highest BCUT2D eigenvalue weighted by atomic mass is 32.2. The van der Waals surface area contributed by atoms with E-state index in [2.05, 4.69) is 60.1 Å². The second-order valence-electron chi connectivity index (χ2n) is 16.0. The molecule has 0 aromatic carbocycles. The second kappa shape index (κ2) is 10.7. The predicted octanol–water partition coefficient (Wildman–Crippen LogP) is 7.86. The highest BCUT2D eigenvalue weighted by molar-refractivity contribution is 7.98. The van der Waals surface area contributed by atoms with E-state index in [4.69, 9.17) is 9.47 Å². The van der Waals surface area contributed by atoms with Crippen LogP contribution in [0.15, 0.2) is 11.6 Å². The van der Waals surface area contributed by atoms with E-state index in [1.54, 1.807) is 23.5 Å². The number of thioether (sulfide) groups is 2. The Hall–Kier alpha value is -0.210. The van der Waals surface area contributed by atoms with E-state index in [0.29, 0.717) is 36.6 Å². The zero-order chi connectivity index (χ0) is 30.2. The molecule has 0 heterocycles. The smallest absolute Gasteiger partial charge is 0.310 e. The molecule has 7 heteroatoms. The van der Waals surface area contributed by atoms with Crippen molar-refractivity contribution in [3.05, 3.63) is 11.6 Å². The molecule has 0 aromatic rings. The van der Waals surface area contributed by atoms with Gasteiger partial charge in [-0.2, -0.15) is 0 Å². The molecule has 0 saturated heterocycles. The summed E-state index contributed by atoms with van der Waals surface area (Å²) in [6.45, 7) is 16.4. The van der Waals surface area contributed by atoms with Gasteiger partial charge >= 0.3 is 5.97 Å². The fourth-order valence-corrected chi connectivity index (χ4v) is 12.3. The number of ether oxygens (including phenoxy) is 2. The van der Waals surface area contributed by atoms with E-state index >= 15 is 0 Å². The van der Waals surface area contributed by atoms with Gasteiger partial charge in [0.25, 0.3) is 0 Å². The molecule has 5 aliphatic rings. The summed E-state index contributed by atoms with van der Waals surface area (Å²) in [5.41, 5.74) is -0.692. The summed E-state index contributed by atoms with van der Waals surface area (Å²) in [7, 11) is 0. The summed E-state index contributed by atoms with van der Waals surface area (Å²) < 4.78 is 13.2. The van der Waals surface area contributed by atoms with Gasteiger partial charge in [-0.15, -0.1) is 23.5 Å². The highest BCUT2D eigenvalue weighted by Crippen LogP contribution is 2.76. The standard InChI is InChI=1S/C34H56O5S2/c1-21-12-15-34(28(35)36)17-16-31(5)22(26(34)33(21,7)37)10-11-25-30(4)18-23(38-19-40-8)27(39-20-41-9)29(2,3)24(30)13-14-32(25,31)6/h10,21,23-27,37H,11-20H2,1-9H3,(H,35,36). The van der Waals surface area contributed by atoms with Crippen LogP contribution in [0.2, 0.25) is 0 Å². The van der Waals surface area contributed by atoms with Crippen molar-refractivity contribution in [2.24, 2.45) is 50.7 Å². The first kappa shape index (κ1) is 32.2. The third-order valence-corrected chi connectivity index (χ3v) is 14.9. The maximum absolute atomic E-state index is 13.0. The fraction of sp³-hybridized carbons (Fsp3) is 0.912. The minimum absolute atomic E-state index is 0.0223. The van der Waals surface area contributed by atoms with E-state index in [1.165, 1.54) is 5.57 Å². The molecule has 0 aromatic heterocycles. The first-order chi connectivity index (χ1) is 19.1. The van der Waals surface area contributed by atoms with E-state index in [9.17, 15) is 15.0 Å². The third kappa shape index (κ3) is 4.39. The number of carbonyl (C=O) groups is 1. The molecule has 234 valence electrons. The fourth-order valence-electron chi connectivity index (χ4n) is 11.7. The van der Waals surface area contributed by atoms with E-state index in [0.717, 1.165) is 38.5 Å². The maximum Gasteiger partial charge on any atom is 0.310 e. The van der Waals surface area contributed by atoms with E-state index < -0.39 is 17.0 Å². The highest BCUT2D eigenvalue weighted by Gasteiger charge is 2.72. The van der Waals surface area contributed by atoms with Gasteiger partial charge in [0.15, 0.2) is 0 Å². The lowest BCUT2D eigenvalue weighted by Gasteiger charge is -2.72. The summed E-state index contributed by atoms with van der Waals surface area (Å²) in [6, 6.07) is 0. The van der Waals surface area contributed by atoms with Crippen molar-refractivity contribution < 1.29 is 24.5 Å². The number of allylic oxidation sites excluding steroid dienone is 1. The van der Waals surface area contributed by atoms with Gasteiger partial charge in [0, 0.05) is 5.92 Å². The number of aliphatic hydroxyl groups is 1. The second-order valence-corrected chi connectivity index (χ2v) is 17.6. The van der Waals surface area contributed by atoms with Crippen molar-refractivity contribution in [1.82, 2.24) is 0 Å². The third-order valence-electron chi connectivity index (χ3n) is 14.1. The predicted molar refractivity (Wildman–Crippen MR) is 170 cm³/mol. The molecule has 41 heavy (non-hydrogen) atoms. The molecule has 11 atom stereocenters. The molecule has 11 unspecified atom stereocenters. The molecule has 2 N–H and O–H groups in total. The quantitative estimate of drug-likeness (QED) is 0.225. The molecule has 5 nitrogen and oxygen atoms in total. The minimum atomic E-state index is -1.03. The molecule has 0 aliphatic heterocycles. The van der Waals surface area contributed by atoms with Crippen molar-refractivity contribution in [2.45, 2.75) is 118 Å². The molecule has 5 rings (SSSR count). The van der Waals surface area contributed by atoms with Crippen molar-refractivity contribution >= 4 is 29.5 Å². The summed E-state index contributed by atoms with van der Waals surface area (Å²) in [6.07, 6.45) is 14.0. The number of carboxylic acid groups (broad SMARTS) is 1. The maximum atomic E-state index is 13.0. The van der Waals surface area contributed by atoms with Gasteiger partial charge in [0.1, 0.15) is 0 Å². The average Bonchev–Trinajstić information content (AvgIpc) is 2.89. The van der Waals surface area contributed by atoms with Gasteiger partial charge in [0.05, 0.1) is 35.1 Å². The molecule has 4 saturated carbocycles. The van der Waals surface area contributed by atoms with E-state index in [1.807, 2.05) is 6.92 Å². The lowest BCUT2D eigenvalue weighted by Crippen LogP contribution is -2.69. The molecule has 0 radical (unpaired) electrons. The summed E-state index contributed by atoms with van der Waals surface area (Å²) in [4.78, 5) is 13.0. The zero-order valence-corrected chi connectivity index (χ0v) is 28.7. The summed E-state index contributed by atoms with van der Waals surface area (Å²) in [5.74, 6) is 1.39. The lowest BCUT2D eigenvalue weighted by molar-refractivity contribution is -0.247. The van der Waals surface area contributed by atoms with Crippen LogP contribution in [0, 0.1) is 50.7 Å². The van der Waals surface area contributed by atoms with Gasteiger partial charge in [0.2, 0.25) is 0 Å². The van der Waals surface area contributed by atoms with Crippen molar-refractivity contribution in [2.75, 3.05) is 24.4 Å². The number of carboxylic acids is 1. The molecule has 4 fully saturated rings. The average molecular weight is 609 g/mol. The summed E-state index contributed by atoms with van der Waals surface area (Å²) in [5, 5.41) is 22.8. The number of rotatable bonds is 7. The monoisotopic (exact) mass is 608 g/mol. The van der Waals surface area contributed by atoms with Crippen LogP contribution in [-0.2, 0) is 14.3 Å². The Morgan fingerprint density at radius 1 is 0.951 bits per heavy atom. The number of aliphatic carboxylic acids is 1. The Morgan fingerprint density at radius 3 is 2.24 bits per heavy atom. The number of hydrogen-bond acceptors (Lipinski definition) is 6. The first-order valence-corrected chi connectivity index (χ1v) is 18.7. The van der Waals surface area contributed by atoms with Crippen molar-refractivity contribution in [3.8, 4) is 0 Å². The number of fused-ring (bicyclic) bond motifs is 7. The Bertz CT molecular complexity index is 1060. The Kier molecular flexibility index (Phi) is 8.40. The van der Waals surface area contributed by atoms with Crippen LogP contribution < -0.4 is 0 Å². The molecule has 0 spiro atoms. The van der Waals surface area contributed by atoms with Crippen LogP contribution in [0.3, 0.4) is 0 Å². The van der Waals surface area contributed by atoms with Gasteiger partial charge in [-0.25, -0.2) is 0 Å². The normalized spacial score (nSPS) is 50.5. The Labute approximate surface area is 257 Å². The first-order valence-electron chi connectivity index (χ1n) is 16.0. The van der Waals surface area contributed by atoms with Crippen LogP contribution >= 0.6 is 23.5 Å². The van der Waals surface area contributed by atoms with Gasteiger partial charge in [-0.1, -0.05) is 53.2 Å². The van der Waals surface area contributed by atoms with Crippen molar-refractivity contribution in [3.63, 3.8) is 0 Å². The van der Waals surface area contributed by atoms with Crippen LogP contribution in [0.1, 0.15) is 99.8 Å². The Balaban J connectivity index is 1.59. The summed E-state index contributed by atoms with van der Waals surface area (Å²) >= 11 is 3.47. The van der Waals surface area contributed by atoms with Gasteiger partial charge in [-0.3, -0.25) is 4.79 Å². The number of hydrogen-bond donors (Lipinski definition) is 2. The SMILES string of the molecule is CSCOC1CC2(C)C(CCC3(C)C2CC=C2C4C(C(=O)O)(CCC(C)C4(C)O)CCC23C)C(C)(C)C1OCSC. The van der Waals surface area contributed by atoms with Gasteiger partial charge in [-0.05, 0) is 110 Å². The Morgan fingerprint density at radius 2 is 1.61 bits per heavy atom. The van der Waals surface area contributed by atoms with Crippen LogP contribution in [-0.4, -0.2) is 58.4 Å². The molecule has 0 bridgehead atoms.